The van der Waals surface area contributed by atoms with Gasteiger partial charge in [-0.25, -0.2) is 0 Å². The molecule has 0 heterocycles. The van der Waals surface area contributed by atoms with Crippen LogP contribution in [-0.2, 0) is 19.1 Å². The van der Waals surface area contributed by atoms with E-state index < -0.39 is 0 Å². The van der Waals surface area contributed by atoms with Gasteiger partial charge in [-0.2, -0.15) is 0 Å². The predicted molar refractivity (Wildman–Crippen MR) is 78.7 cm³/mol. The first-order valence-corrected chi connectivity index (χ1v) is 7.40. The number of carbonyl (C=O) groups is 2. The molecule has 0 aromatic carbocycles. The summed E-state index contributed by atoms with van der Waals surface area (Å²) in [7, 11) is 0. The monoisotopic (exact) mass is 296 g/mol. The topological polar surface area (TPSA) is 72.8 Å². The number of ketones is 1. The summed E-state index contributed by atoms with van der Waals surface area (Å²) in [4.78, 5) is 23.5. The smallest absolute Gasteiger partial charge is 0.306 e. The summed E-state index contributed by atoms with van der Waals surface area (Å²) in [5, 5.41) is 8.53. The second-order valence-corrected chi connectivity index (χ2v) is 4.91. The van der Waals surface area contributed by atoms with E-state index in [-0.39, 0.29) is 56.4 Å². The Hall–Kier alpha value is -1.46. The quantitative estimate of drug-likeness (QED) is 0.377. The van der Waals surface area contributed by atoms with Crippen molar-refractivity contribution in [2.24, 2.45) is 11.8 Å². The third-order valence-corrected chi connectivity index (χ3v) is 3.31. The van der Waals surface area contributed by atoms with E-state index in [4.69, 9.17) is 14.6 Å². The molecule has 0 aromatic heterocycles. The number of aliphatic hydroxyl groups is 1. The van der Waals surface area contributed by atoms with Crippen LogP contribution in [0.5, 0.6) is 0 Å². The second kappa shape index (κ2) is 10.3. The average Bonchev–Trinajstić information content (AvgIpc) is 2.80. The molecule has 0 bridgehead atoms. The van der Waals surface area contributed by atoms with Gasteiger partial charge < -0.3 is 14.6 Å². The molecule has 2 atom stereocenters. The summed E-state index contributed by atoms with van der Waals surface area (Å²) >= 11 is 0. The third-order valence-electron chi connectivity index (χ3n) is 3.31. The minimum Gasteiger partial charge on any atom is -0.463 e. The maximum Gasteiger partial charge on any atom is 0.306 e. The van der Waals surface area contributed by atoms with Crippen molar-refractivity contribution in [3.05, 3.63) is 24.3 Å². The van der Waals surface area contributed by atoms with Crippen LogP contribution in [0.25, 0.3) is 0 Å². The highest BCUT2D eigenvalue weighted by Gasteiger charge is 2.30. The van der Waals surface area contributed by atoms with E-state index in [2.05, 4.69) is 0 Å². The highest BCUT2D eigenvalue weighted by Crippen LogP contribution is 2.29. The number of ether oxygens (including phenoxy) is 2. The maximum atomic E-state index is 11.8. The number of hydrogen-bond acceptors (Lipinski definition) is 5. The molecule has 0 spiro atoms. The molecule has 118 valence electrons. The lowest BCUT2D eigenvalue weighted by Gasteiger charge is -2.15. The van der Waals surface area contributed by atoms with Crippen molar-refractivity contribution < 1.29 is 24.2 Å². The number of allylic oxidation sites excluding steroid dienone is 4. The summed E-state index contributed by atoms with van der Waals surface area (Å²) in [5.41, 5.74) is 0. The molecule has 0 aliphatic heterocycles. The molecular weight excluding hydrogens is 272 g/mol. The Morgan fingerprint density at radius 1 is 1.33 bits per heavy atom. The Kier molecular flexibility index (Phi) is 8.62. The third kappa shape index (κ3) is 6.69. The van der Waals surface area contributed by atoms with Crippen LogP contribution in [-0.4, -0.2) is 43.3 Å². The van der Waals surface area contributed by atoms with Gasteiger partial charge in [-0.1, -0.05) is 25.2 Å². The Labute approximate surface area is 125 Å². The highest BCUT2D eigenvalue weighted by molar-refractivity contribution is 5.95. The predicted octanol–water partition coefficient (Wildman–Crippen LogP) is 1.66. The van der Waals surface area contributed by atoms with Crippen LogP contribution in [0.1, 0.15) is 26.2 Å². The molecule has 0 aromatic rings. The van der Waals surface area contributed by atoms with Gasteiger partial charge in [-0.15, -0.1) is 0 Å². The van der Waals surface area contributed by atoms with Crippen molar-refractivity contribution in [3.63, 3.8) is 0 Å². The first-order chi connectivity index (χ1) is 10.2. The lowest BCUT2D eigenvalue weighted by molar-refractivity contribution is -0.146. The van der Waals surface area contributed by atoms with Gasteiger partial charge in [0, 0.05) is 5.92 Å². The molecule has 1 aliphatic carbocycles. The van der Waals surface area contributed by atoms with Gasteiger partial charge in [0.2, 0.25) is 0 Å². The van der Waals surface area contributed by atoms with Crippen LogP contribution < -0.4 is 0 Å². The van der Waals surface area contributed by atoms with Gasteiger partial charge in [0.05, 0.1) is 26.2 Å². The standard InChI is InChI=1S/C16H24O5/c1-2-3-4-5-14-13(6-7-15(14)18)12-16(19)21-11-10-20-9-8-17/h3-4,6-7,13-14,17H,2,5,8-12H2,1H3/b4-3-/t13-,14+/m0/s1. The molecule has 0 saturated carbocycles. The van der Waals surface area contributed by atoms with E-state index in [1.54, 1.807) is 12.2 Å². The Bertz CT molecular complexity index is 386. The minimum atomic E-state index is -0.323. The molecule has 1 aliphatic rings. The van der Waals surface area contributed by atoms with Crippen molar-refractivity contribution in [1.29, 1.82) is 0 Å². The zero-order valence-electron chi connectivity index (χ0n) is 12.5. The lowest BCUT2D eigenvalue weighted by Crippen LogP contribution is -2.20. The Morgan fingerprint density at radius 2 is 2.14 bits per heavy atom. The minimum absolute atomic E-state index is 0.0457. The first-order valence-electron chi connectivity index (χ1n) is 7.40. The normalized spacial score (nSPS) is 21.3. The van der Waals surface area contributed by atoms with Crippen LogP contribution in [0.4, 0.5) is 0 Å². The summed E-state index contributed by atoms with van der Waals surface area (Å²) < 4.78 is 10.1. The van der Waals surface area contributed by atoms with Gasteiger partial charge in [0.15, 0.2) is 5.78 Å². The van der Waals surface area contributed by atoms with E-state index in [0.29, 0.717) is 6.42 Å². The summed E-state index contributed by atoms with van der Waals surface area (Å²) in [6, 6.07) is 0. The molecule has 0 radical (unpaired) electrons. The zero-order chi connectivity index (χ0) is 15.5. The molecule has 0 unspecified atom stereocenters. The van der Waals surface area contributed by atoms with Crippen molar-refractivity contribution in [1.82, 2.24) is 0 Å². The van der Waals surface area contributed by atoms with Gasteiger partial charge >= 0.3 is 5.97 Å². The highest BCUT2D eigenvalue weighted by atomic mass is 16.6. The molecule has 5 heteroatoms. The Balaban J connectivity index is 2.31. The number of rotatable bonds is 10. The molecule has 21 heavy (non-hydrogen) atoms. The Morgan fingerprint density at radius 3 is 2.86 bits per heavy atom. The van der Waals surface area contributed by atoms with E-state index in [0.717, 1.165) is 6.42 Å². The van der Waals surface area contributed by atoms with E-state index in [1.807, 2.05) is 19.1 Å². The van der Waals surface area contributed by atoms with Gasteiger partial charge in [-0.05, 0) is 24.8 Å². The van der Waals surface area contributed by atoms with Crippen molar-refractivity contribution in [2.75, 3.05) is 26.4 Å². The van der Waals surface area contributed by atoms with Crippen LogP contribution in [0.2, 0.25) is 0 Å². The van der Waals surface area contributed by atoms with Gasteiger partial charge in [0.1, 0.15) is 6.61 Å². The molecule has 0 saturated heterocycles. The average molecular weight is 296 g/mol. The van der Waals surface area contributed by atoms with Crippen molar-refractivity contribution >= 4 is 11.8 Å². The van der Waals surface area contributed by atoms with E-state index in [9.17, 15) is 9.59 Å². The molecule has 5 nitrogen and oxygen atoms in total. The summed E-state index contributed by atoms with van der Waals surface area (Å²) in [6.45, 7) is 2.68. The van der Waals surface area contributed by atoms with Crippen molar-refractivity contribution in [3.8, 4) is 0 Å². The van der Waals surface area contributed by atoms with Gasteiger partial charge in [-0.3, -0.25) is 9.59 Å². The van der Waals surface area contributed by atoms with E-state index >= 15 is 0 Å². The SMILES string of the molecule is CC/C=C\C[C@H]1C(=O)C=C[C@H]1CC(=O)OCCOCCO. The largest absolute Gasteiger partial charge is 0.463 e. The number of esters is 1. The molecule has 0 fully saturated rings. The van der Waals surface area contributed by atoms with Crippen LogP contribution in [0, 0.1) is 11.8 Å². The summed E-state index contributed by atoms with van der Waals surface area (Å²) in [6.07, 6.45) is 9.21. The molecule has 1 N–H and O–H groups in total. The fourth-order valence-corrected chi connectivity index (χ4v) is 2.23. The van der Waals surface area contributed by atoms with Crippen LogP contribution >= 0.6 is 0 Å². The molecular formula is C16H24O5. The molecule has 1 rings (SSSR count). The van der Waals surface area contributed by atoms with E-state index in [1.165, 1.54) is 0 Å². The molecule has 0 amide bonds. The van der Waals surface area contributed by atoms with Crippen molar-refractivity contribution in [2.45, 2.75) is 26.2 Å². The lowest BCUT2D eigenvalue weighted by atomic mass is 9.89. The number of aliphatic hydroxyl groups excluding tert-OH is 1. The van der Waals surface area contributed by atoms with Gasteiger partial charge in [0.25, 0.3) is 0 Å². The van der Waals surface area contributed by atoms with Crippen LogP contribution in [0.3, 0.4) is 0 Å². The van der Waals surface area contributed by atoms with Crippen LogP contribution in [0.15, 0.2) is 24.3 Å². The second-order valence-electron chi connectivity index (χ2n) is 4.91. The summed E-state index contributed by atoms with van der Waals surface area (Å²) in [5.74, 6) is -0.466. The number of hydrogen-bond donors (Lipinski definition) is 1. The maximum absolute atomic E-state index is 11.8. The fraction of sp³-hybridized carbons (Fsp3) is 0.625. The zero-order valence-corrected chi connectivity index (χ0v) is 12.5. The number of carbonyl (C=O) groups excluding carboxylic acids is 2. The fourth-order valence-electron chi connectivity index (χ4n) is 2.23. The first kappa shape index (κ1) is 17.6.